The number of aliphatic hydroxyl groups excluding tert-OH is 1. The number of carbonyl (C=O) groups is 1. The Balaban J connectivity index is 1.97. The molecule has 2 rings (SSSR count). The Hall–Kier alpha value is -1.59. The van der Waals surface area contributed by atoms with E-state index in [1.807, 2.05) is 24.3 Å². The summed E-state index contributed by atoms with van der Waals surface area (Å²) in [7, 11) is 1.62. The summed E-state index contributed by atoms with van der Waals surface area (Å²) >= 11 is 0. The molecule has 1 aromatic carbocycles. The molecule has 0 aromatic heterocycles. The Labute approximate surface area is 119 Å². The summed E-state index contributed by atoms with van der Waals surface area (Å²) < 4.78 is 5.30. The number of nitrogens with zero attached hydrogens (tertiary/aromatic N) is 1. The topological polar surface area (TPSA) is 61.8 Å². The predicted octanol–water partition coefficient (Wildman–Crippen LogP) is 0.768. The second-order valence-electron chi connectivity index (χ2n) is 5.01. The van der Waals surface area contributed by atoms with Gasteiger partial charge in [-0.05, 0) is 18.9 Å². The zero-order valence-corrected chi connectivity index (χ0v) is 11.8. The van der Waals surface area contributed by atoms with Gasteiger partial charge in [0, 0.05) is 24.7 Å². The summed E-state index contributed by atoms with van der Waals surface area (Å²) in [4.78, 5) is 13.8. The van der Waals surface area contributed by atoms with Crippen LogP contribution in [0.5, 0.6) is 5.75 Å². The van der Waals surface area contributed by atoms with Gasteiger partial charge in [0.25, 0.3) is 0 Å². The smallest absolute Gasteiger partial charge is 0.236 e. The molecule has 1 aliphatic rings. The van der Waals surface area contributed by atoms with Gasteiger partial charge < -0.3 is 20.1 Å². The highest BCUT2D eigenvalue weighted by molar-refractivity contribution is 5.78. The fourth-order valence-electron chi connectivity index (χ4n) is 2.08. The van der Waals surface area contributed by atoms with Gasteiger partial charge in [0.15, 0.2) is 0 Å². The molecular weight excluding hydrogens is 256 g/mol. The third-order valence-corrected chi connectivity index (χ3v) is 3.40. The maximum absolute atomic E-state index is 12.2. The van der Waals surface area contributed by atoms with Gasteiger partial charge in [-0.1, -0.05) is 18.2 Å². The molecule has 20 heavy (non-hydrogen) atoms. The first-order chi connectivity index (χ1) is 9.74. The number of ether oxygens (including phenoxy) is 1. The molecule has 0 atom stereocenters. The van der Waals surface area contributed by atoms with Gasteiger partial charge >= 0.3 is 0 Å². The first-order valence-corrected chi connectivity index (χ1v) is 6.98. The number of aliphatic hydroxyl groups is 1. The molecule has 1 aromatic rings. The van der Waals surface area contributed by atoms with Gasteiger partial charge in [0.2, 0.25) is 5.91 Å². The van der Waals surface area contributed by atoms with Crippen LogP contribution in [0.2, 0.25) is 0 Å². The lowest BCUT2D eigenvalue weighted by Gasteiger charge is -2.23. The van der Waals surface area contributed by atoms with Crippen LogP contribution in [0.4, 0.5) is 0 Å². The van der Waals surface area contributed by atoms with Crippen molar-refractivity contribution in [2.45, 2.75) is 25.4 Å². The van der Waals surface area contributed by atoms with Gasteiger partial charge in [-0.2, -0.15) is 0 Å². The average molecular weight is 278 g/mol. The van der Waals surface area contributed by atoms with E-state index in [4.69, 9.17) is 9.84 Å². The molecule has 1 amide bonds. The zero-order valence-electron chi connectivity index (χ0n) is 11.8. The van der Waals surface area contributed by atoms with Crippen LogP contribution in [0, 0.1) is 0 Å². The van der Waals surface area contributed by atoms with E-state index in [1.54, 1.807) is 12.0 Å². The van der Waals surface area contributed by atoms with E-state index in [0.29, 0.717) is 25.7 Å². The maximum atomic E-state index is 12.2. The van der Waals surface area contributed by atoms with E-state index in [9.17, 15) is 4.79 Å². The summed E-state index contributed by atoms with van der Waals surface area (Å²) in [5.41, 5.74) is 0.947. The average Bonchev–Trinajstić information content (AvgIpc) is 3.29. The molecule has 0 unspecified atom stereocenters. The number of carbonyl (C=O) groups excluding carboxylic acids is 1. The number of methoxy groups -OCH3 is 1. The van der Waals surface area contributed by atoms with Gasteiger partial charge in [0.05, 0.1) is 20.3 Å². The van der Waals surface area contributed by atoms with E-state index in [2.05, 4.69) is 5.32 Å². The SMILES string of the molecule is COc1ccccc1CN(CCO)C(=O)CNC1CC1. The van der Waals surface area contributed by atoms with Crippen LogP contribution >= 0.6 is 0 Å². The highest BCUT2D eigenvalue weighted by atomic mass is 16.5. The zero-order chi connectivity index (χ0) is 14.4. The van der Waals surface area contributed by atoms with Crippen LogP contribution in [0.3, 0.4) is 0 Å². The number of rotatable bonds is 8. The number of benzene rings is 1. The number of para-hydroxylation sites is 1. The molecule has 5 heteroatoms. The van der Waals surface area contributed by atoms with Gasteiger partial charge in [-0.25, -0.2) is 0 Å². The van der Waals surface area contributed by atoms with Crippen molar-refractivity contribution in [1.82, 2.24) is 10.2 Å². The van der Waals surface area contributed by atoms with E-state index >= 15 is 0 Å². The summed E-state index contributed by atoms with van der Waals surface area (Å²) in [5, 5.41) is 12.3. The van der Waals surface area contributed by atoms with Gasteiger partial charge in [-0.3, -0.25) is 4.79 Å². The Morgan fingerprint density at radius 2 is 2.20 bits per heavy atom. The number of hydrogen-bond acceptors (Lipinski definition) is 4. The molecule has 1 aliphatic carbocycles. The van der Waals surface area contributed by atoms with Crippen molar-refractivity contribution >= 4 is 5.91 Å². The fraction of sp³-hybridized carbons (Fsp3) is 0.533. The second-order valence-corrected chi connectivity index (χ2v) is 5.01. The van der Waals surface area contributed by atoms with E-state index < -0.39 is 0 Å². The monoisotopic (exact) mass is 278 g/mol. The van der Waals surface area contributed by atoms with Crippen molar-refractivity contribution in [2.75, 3.05) is 26.8 Å². The molecule has 1 saturated carbocycles. The van der Waals surface area contributed by atoms with Crippen LogP contribution in [0.15, 0.2) is 24.3 Å². The highest BCUT2D eigenvalue weighted by Gasteiger charge is 2.23. The first kappa shape index (κ1) is 14.8. The molecular formula is C15H22N2O3. The minimum atomic E-state index is -0.0374. The maximum Gasteiger partial charge on any atom is 0.236 e. The standard InChI is InChI=1S/C15H22N2O3/c1-20-14-5-3-2-4-12(14)11-17(8-9-18)15(19)10-16-13-6-7-13/h2-5,13,16,18H,6-11H2,1H3. The molecule has 0 bridgehead atoms. The molecule has 110 valence electrons. The molecule has 0 radical (unpaired) electrons. The number of nitrogens with one attached hydrogen (secondary N) is 1. The molecule has 0 heterocycles. The Kier molecular flexibility index (Phi) is 5.38. The predicted molar refractivity (Wildman–Crippen MR) is 76.5 cm³/mol. The fourth-order valence-corrected chi connectivity index (χ4v) is 2.08. The van der Waals surface area contributed by atoms with Crippen molar-refractivity contribution in [3.05, 3.63) is 29.8 Å². The molecule has 5 nitrogen and oxygen atoms in total. The summed E-state index contributed by atoms with van der Waals surface area (Å²) in [6, 6.07) is 8.13. The normalized spacial score (nSPS) is 14.1. The van der Waals surface area contributed by atoms with E-state index in [-0.39, 0.29) is 12.5 Å². The minimum Gasteiger partial charge on any atom is -0.496 e. The van der Waals surface area contributed by atoms with Crippen LogP contribution < -0.4 is 10.1 Å². The Morgan fingerprint density at radius 1 is 1.45 bits per heavy atom. The van der Waals surface area contributed by atoms with Crippen molar-refractivity contribution in [2.24, 2.45) is 0 Å². The van der Waals surface area contributed by atoms with Gasteiger partial charge in [-0.15, -0.1) is 0 Å². The van der Waals surface area contributed by atoms with Crippen LogP contribution in [-0.4, -0.2) is 48.8 Å². The lowest BCUT2D eigenvalue weighted by Crippen LogP contribution is -2.40. The molecule has 1 fully saturated rings. The summed E-state index contributed by atoms with van der Waals surface area (Å²) in [6.07, 6.45) is 2.31. The minimum absolute atomic E-state index is 0.0110. The van der Waals surface area contributed by atoms with Crippen molar-refractivity contribution < 1.29 is 14.6 Å². The van der Waals surface area contributed by atoms with Crippen LogP contribution in [-0.2, 0) is 11.3 Å². The molecule has 0 spiro atoms. The van der Waals surface area contributed by atoms with E-state index in [1.165, 1.54) is 0 Å². The van der Waals surface area contributed by atoms with Crippen LogP contribution in [0.1, 0.15) is 18.4 Å². The van der Waals surface area contributed by atoms with Crippen molar-refractivity contribution in [1.29, 1.82) is 0 Å². The van der Waals surface area contributed by atoms with Crippen LogP contribution in [0.25, 0.3) is 0 Å². The third kappa shape index (κ3) is 4.21. The number of amides is 1. The quantitative estimate of drug-likeness (QED) is 0.737. The largest absolute Gasteiger partial charge is 0.496 e. The van der Waals surface area contributed by atoms with Gasteiger partial charge in [0.1, 0.15) is 5.75 Å². The Bertz CT molecular complexity index is 446. The van der Waals surface area contributed by atoms with E-state index in [0.717, 1.165) is 24.2 Å². The summed E-state index contributed by atoms with van der Waals surface area (Å²) in [6.45, 7) is 1.09. The lowest BCUT2D eigenvalue weighted by atomic mass is 10.2. The molecule has 0 saturated heterocycles. The lowest BCUT2D eigenvalue weighted by molar-refractivity contribution is -0.131. The van der Waals surface area contributed by atoms with Crippen molar-refractivity contribution in [3.8, 4) is 5.75 Å². The summed E-state index contributed by atoms with van der Waals surface area (Å²) in [5.74, 6) is 0.773. The number of hydrogen-bond donors (Lipinski definition) is 2. The highest BCUT2D eigenvalue weighted by Crippen LogP contribution is 2.20. The first-order valence-electron chi connectivity index (χ1n) is 6.98. The Morgan fingerprint density at radius 3 is 2.85 bits per heavy atom. The third-order valence-electron chi connectivity index (χ3n) is 3.40. The molecule has 2 N–H and O–H groups in total. The second kappa shape index (κ2) is 7.26. The molecule has 0 aliphatic heterocycles. The van der Waals surface area contributed by atoms with Crippen molar-refractivity contribution in [3.63, 3.8) is 0 Å².